The van der Waals surface area contributed by atoms with Gasteiger partial charge in [-0.2, -0.15) is 4.39 Å². The molecule has 106 valence electrons. The first kappa shape index (κ1) is 12.9. The Balaban J connectivity index is 2.18. The molecule has 0 atom stereocenters. The molecule has 2 aliphatic rings. The number of halogens is 2. The standard InChI is InChI=1S/C14H13F2NO3/c1-20-13-11(16)10(15)5-7-4-8(14(18)19)6-17(12(7)13)9-2-3-9/h5-6,9H,2-4H2,1H3,(H,18,19). The van der Waals surface area contributed by atoms with Crippen molar-refractivity contribution in [2.75, 3.05) is 12.0 Å². The number of aliphatic carboxylic acids is 1. The second-order valence-electron chi connectivity index (χ2n) is 4.99. The van der Waals surface area contributed by atoms with E-state index in [0.717, 1.165) is 18.9 Å². The van der Waals surface area contributed by atoms with Gasteiger partial charge in [-0.1, -0.05) is 0 Å². The van der Waals surface area contributed by atoms with Crippen LogP contribution in [0.3, 0.4) is 0 Å². The average molecular weight is 281 g/mol. The van der Waals surface area contributed by atoms with Crippen LogP contribution in [0.1, 0.15) is 18.4 Å². The molecule has 0 amide bonds. The van der Waals surface area contributed by atoms with Gasteiger partial charge in [0.25, 0.3) is 0 Å². The molecule has 0 aromatic heterocycles. The fourth-order valence-corrected chi connectivity index (χ4v) is 2.50. The van der Waals surface area contributed by atoms with Crippen molar-refractivity contribution in [3.05, 3.63) is 35.0 Å². The molecule has 4 nitrogen and oxygen atoms in total. The summed E-state index contributed by atoms with van der Waals surface area (Å²) in [6.45, 7) is 0. The van der Waals surface area contributed by atoms with Crippen LogP contribution in [0, 0.1) is 11.6 Å². The average Bonchev–Trinajstić information content (AvgIpc) is 3.23. The van der Waals surface area contributed by atoms with E-state index in [1.807, 2.05) is 0 Å². The predicted molar refractivity (Wildman–Crippen MR) is 67.8 cm³/mol. The Morgan fingerprint density at radius 3 is 2.70 bits per heavy atom. The van der Waals surface area contributed by atoms with Crippen molar-refractivity contribution in [2.24, 2.45) is 0 Å². The molecule has 3 rings (SSSR count). The molecule has 1 aromatic rings. The fourth-order valence-electron chi connectivity index (χ4n) is 2.50. The molecule has 0 saturated heterocycles. The van der Waals surface area contributed by atoms with Crippen molar-refractivity contribution >= 4 is 11.7 Å². The van der Waals surface area contributed by atoms with Crippen molar-refractivity contribution < 1.29 is 23.4 Å². The van der Waals surface area contributed by atoms with Gasteiger partial charge in [0.15, 0.2) is 11.6 Å². The van der Waals surface area contributed by atoms with Gasteiger partial charge in [0.1, 0.15) is 0 Å². The van der Waals surface area contributed by atoms with Gasteiger partial charge in [-0.25, -0.2) is 9.18 Å². The first-order valence-corrected chi connectivity index (χ1v) is 6.30. The molecule has 6 heteroatoms. The Morgan fingerprint density at radius 2 is 2.15 bits per heavy atom. The Hall–Kier alpha value is -2.11. The molecule has 1 fully saturated rings. The molecular formula is C14H13F2NO3. The van der Waals surface area contributed by atoms with Gasteiger partial charge < -0.3 is 14.7 Å². The summed E-state index contributed by atoms with van der Waals surface area (Å²) in [4.78, 5) is 12.9. The van der Waals surface area contributed by atoms with Gasteiger partial charge in [0.2, 0.25) is 5.82 Å². The normalized spacial score (nSPS) is 17.6. The summed E-state index contributed by atoms with van der Waals surface area (Å²) in [5.41, 5.74) is 1.05. The van der Waals surface area contributed by atoms with Crippen LogP contribution in [0.25, 0.3) is 0 Å². The summed E-state index contributed by atoms with van der Waals surface area (Å²) < 4.78 is 32.4. The van der Waals surface area contributed by atoms with E-state index in [1.165, 1.54) is 13.3 Å². The van der Waals surface area contributed by atoms with Crippen LogP contribution in [0.4, 0.5) is 14.5 Å². The lowest BCUT2D eigenvalue weighted by molar-refractivity contribution is -0.132. The summed E-state index contributed by atoms with van der Waals surface area (Å²) in [5.74, 6) is -3.27. The Labute approximate surface area is 114 Å². The highest BCUT2D eigenvalue weighted by atomic mass is 19.2. The minimum atomic E-state index is -1.05. The van der Waals surface area contributed by atoms with Gasteiger partial charge in [0.05, 0.1) is 18.4 Å². The van der Waals surface area contributed by atoms with Crippen LogP contribution in [0.15, 0.2) is 17.8 Å². The van der Waals surface area contributed by atoms with Crippen molar-refractivity contribution in [1.82, 2.24) is 0 Å². The Bertz CT molecular complexity index is 623. The van der Waals surface area contributed by atoms with Crippen LogP contribution in [0.5, 0.6) is 5.75 Å². The van der Waals surface area contributed by atoms with Crippen LogP contribution < -0.4 is 9.64 Å². The predicted octanol–water partition coefficient (Wildman–Crippen LogP) is 2.47. The zero-order valence-electron chi connectivity index (χ0n) is 10.8. The number of carboxylic acids is 1. The minimum absolute atomic E-state index is 0.0570. The van der Waals surface area contributed by atoms with Crippen LogP contribution in [-0.4, -0.2) is 24.2 Å². The Kier molecular flexibility index (Phi) is 2.88. The van der Waals surface area contributed by atoms with Gasteiger partial charge in [-0.3, -0.25) is 0 Å². The first-order chi connectivity index (χ1) is 9.52. The number of methoxy groups -OCH3 is 1. The number of carboxylic acid groups (broad SMARTS) is 1. The number of carbonyl (C=O) groups is 1. The van der Waals surface area contributed by atoms with E-state index >= 15 is 0 Å². The molecule has 0 bridgehead atoms. The molecule has 1 aliphatic carbocycles. The quantitative estimate of drug-likeness (QED) is 0.924. The highest BCUT2D eigenvalue weighted by Gasteiger charge is 2.36. The molecule has 20 heavy (non-hydrogen) atoms. The van der Waals surface area contributed by atoms with Crippen molar-refractivity contribution in [3.63, 3.8) is 0 Å². The van der Waals surface area contributed by atoms with E-state index in [-0.39, 0.29) is 23.8 Å². The van der Waals surface area contributed by atoms with E-state index in [1.54, 1.807) is 4.90 Å². The lowest BCUT2D eigenvalue weighted by Gasteiger charge is -2.30. The minimum Gasteiger partial charge on any atom is -0.491 e. The zero-order valence-corrected chi connectivity index (χ0v) is 10.8. The summed E-state index contributed by atoms with van der Waals surface area (Å²) in [5, 5.41) is 9.14. The van der Waals surface area contributed by atoms with Crippen LogP contribution in [-0.2, 0) is 11.2 Å². The van der Waals surface area contributed by atoms with E-state index in [4.69, 9.17) is 9.84 Å². The molecule has 1 heterocycles. The molecule has 0 spiro atoms. The largest absolute Gasteiger partial charge is 0.491 e. The number of anilines is 1. The Morgan fingerprint density at radius 1 is 1.45 bits per heavy atom. The highest BCUT2D eigenvalue weighted by molar-refractivity contribution is 5.90. The van der Waals surface area contributed by atoms with Gasteiger partial charge in [0, 0.05) is 18.7 Å². The van der Waals surface area contributed by atoms with Gasteiger partial charge >= 0.3 is 5.97 Å². The third kappa shape index (κ3) is 1.92. The number of hydrogen-bond acceptors (Lipinski definition) is 3. The number of ether oxygens (including phenoxy) is 1. The van der Waals surface area contributed by atoms with Gasteiger partial charge in [-0.05, 0) is 24.5 Å². The van der Waals surface area contributed by atoms with Crippen LogP contribution >= 0.6 is 0 Å². The second kappa shape index (κ2) is 4.47. The molecule has 1 N–H and O–H groups in total. The summed E-state index contributed by atoms with van der Waals surface area (Å²) >= 11 is 0. The van der Waals surface area contributed by atoms with Crippen LogP contribution in [0.2, 0.25) is 0 Å². The van der Waals surface area contributed by atoms with Crippen molar-refractivity contribution in [2.45, 2.75) is 25.3 Å². The lowest BCUT2D eigenvalue weighted by Crippen LogP contribution is -2.27. The number of benzene rings is 1. The molecule has 1 aromatic carbocycles. The van der Waals surface area contributed by atoms with E-state index in [9.17, 15) is 13.6 Å². The summed E-state index contributed by atoms with van der Waals surface area (Å²) in [6.07, 6.45) is 3.35. The summed E-state index contributed by atoms with van der Waals surface area (Å²) in [6, 6.07) is 1.18. The maximum Gasteiger partial charge on any atom is 0.333 e. The monoisotopic (exact) mass is 281 g/mol. The molecule has 1 aliphatic heterocycles. The molecular weight excluding hydrogens is 268 g/mol. The lowest BCUT2D eigenvalue weighted by atomic mass is 9.98. The fraction of sp³-hybridized carbons (Fsp3) is 0.357. The highest BCUT2D eigenvalue weighted by Crippen LogP contribution is 2.45. The topological polar surface area (TPSA) is 49.8 Å². The third-order valence-corrected chi connectivity index (χ3v) is 3.58. The smallest absolute Gasteiger partial charge is 0.333 e. The maximum atomic E-state index is 13.8. The molecule has 0 unspecified atom stereocenters. The number of hydrogen-bond donors (Lipinski definition) is 1. The second-order valence-corrected chi connectivity index (χ2v) is 4.99. The first-order valence-electron chi connectivity index (χ1n) is 6.30. The van der Waals surface area contributed by atoms with E-state index in [2.05, 4.69) is 0 Å². The number of fused-ring (bicyclic) bond motifs is 1. The SMILES string of the molecule is COc1c(F)c(F)cc2c1N(C1CC1)C=C(C(=O)O)C2. The molecule has 0 radical (unpaired) electrons. The molecule has 1 saturated carbocycles. The zero-order chi connectivity index (χ0) is 14.4. The third-order valence-electron chi connectivity index (χ3n) is 3.58. The van der Waals surface area contributed by atoms with Crippen molar-refractivity contribution in [1.29, 1.82) is 0 Å². The van der Waals surface area contributed by atoms with E-state index < -0.39 is 17.6 Å². The van der Waals surface area contributed by atoms with Gasteiger partial charge in [-0.15, -0.1) is 0 Å². The number of rotatable bonds is 3. The van der Waals surface area contributed by atoms with E-state index in [0.29, 0.717) is 11.3 Å². The summed E-state index contributed by atoms with van der Waals surface area (Å²) in [7, 11) is 1.28. The van der Waals surface area contributed by atoms with Crippen molar-refractivity contribution in [3.8, 4) is 5.75 Å². The maximum absolute atomic E-state index is 13.8. The number of nitrogens with zero attached hydrogens (tertiary/aromatic N) is 1.